The first-order valence-electron chi connectivity index (χ1n) is 8.90. The summed E-state index contributed by atoms with van der Waals surface area (Å²) in [6, 6.07) is 7.45. The lowest BCUT2D eigenvalue weighted by Crippen LogP contribution is -2.32. The SMILES string of the molecule is O=C(CCn1c(N2CCCC2)nc2ccsc2c1=O)Nc1ccc(F)cc1. The quantitative estimate of drug-likeness (QED) is 0.731. The summed E-state index contributed by atoms with van der Waals surface area (Å²) in [6.07, 6.45) is 2.28. The number of aromatic nitrogens is 2. The monoisotopic (exact) mass is 386 g/mol. The van der Waals surface area contributed by atoms with E-state index in [0.717, 1.165) is 25.9 Å². The third-order valence-corrected chi connectivity index (χ3v) is 5.52. The topological polar surface area (TPSA) is 67.2 Å². The number of anilines is 2. The molecule has 1 aliphatic heterocycles. The van der Waals surface area contributed by atoms with Crippen LogP contribution in [-0.4, -0.2) is 28.5 Å². The number of carbonyl (C=O) groups is 1. The number of benzene rings is 1. The van der Waals surface area contributed by atoms with Gasteiger partial charge in [0.1, 0.15) is 10.5 Å². The van der Waals surface area contributed by atoms with Crippen molar-refractivity contribution in [3.63, 3.8) is 0 Å². The summed E-state index contributed by atoms with van der Waals surface area (Å²) in [5.74, 6) is 0.0512. The van der Waals surface area contributed by atoms with E-state index in [-0.39, 0.29) is 30.2 Å². The average Bonchev–Trinajstić information content (AvgIpc) is 3.34. The minimum Gasteiger partial charge on any atom is -0.342 e. The van der Waals surface area contributed by atoms with E-state index in [4.69, 9.17) is 0 Å². The van der Waals surface area contributed by atoms with Gasteiger partial charge in [-0.25, -0.2) is 9.37 Å². The Kier molecular flexibility index (Phi) is 4.89. The van der Waals surface area contributed by atoms with Crippen LogP contribution in [0.2, 0.25) is 0 Å². The van der Waals surface area contributed by atoms with Gasteiger partial charge in [0.15, 0.2) is 0 Å². The summed E-state index contributed by atoms with van der Waals surface area (Å²) in [7, 11) is 0. The molecule has 1 amide bonds. The number of hydrogen-bond acceptors (Lipinski definition) is 5. The van der Waals surface area contributed by atoms with Crippen molar-refractivity contribution in [2.75, 3.05) is 23.3 Å². The highest BCUT2D eigenvalue weighted by atomic mass is 32.1. The van der Waals surface area contributed by atoms with Crippen LogP contribution in [0.25, 0.3) is 10.2 Å². The Hall–Kier alpha value is -2.74. The maximum Gasteiger partial charge on any atom is 0.272 e. The number of nitrogens with one attached hydrogen (secondary N) is 1. The number of rotatable bonds is 5. The van der Waals surface area contributed by atoms with E-state index in [9.17, 15) is 14.0 Å². The van der Waals surface area contributed by atoms with Crippen molar-refractivity contribution in [3.05, 3.63) is 51.9 Å². The van der Waals surface area contributed by atoms with E-state index in [2.05, 4.69) is 15.2 Å². The van der Waals surface area contributed by atoms with Gasteiger partial charge in [0.2, 0.25) is 11.9 Å². The molecule has 0 saturated carbocycles. The normalized spacial score (nSPS) is 14.0. The van der Waals surface area contributed by atoms with Gasteiger partial charge in [-0.2, -0.15) is 0 Å². The first kappa shape index (κ1) is 17.7. The summed E-state index contributed by atoms with van der Waals surface area (Å²) in [4.78, 5) is 32.0. The van der Waals surface area contributed by atoms with Gasteiger partial charge in [-0.15, -0.1) is 11.3 Å². The highest BCUT2D eigenvalue weighted by Gasteiger charge is 2.21. The van der Waals surface area contributed by atoms with Crippen LogP contribution in [0.5, 0.6) is 0 Å². The Labute approximate surface area is 159 Å². The molecule has 0 aliphatic carbocycles. The van der Waals surface area contributed by atoms with Crippen molar-refractivity contribution >= 4 is 39.1 Å². The van der Waals surface area contributed by atoms with Crippen LogP contribution in [0.1, 0.15) is 19.3 Å². The van der Waals surface area contributed by atoms with Crippen molar-refractivity contribution < 1.29 is 9.18 Å². The molecule has 2 aromatic heterocycles. The van der Waals surface area contributed by atoms with Crippen molar-refractivity contribution in [2.45, 2.75) is 25.8 Å². The molecule has 0 radical (unpaired) electrons. The number of nitrogens with zero attached hydrogens (tertiary/aromatic N) is 3. The molecular formula is C19H19FN4O2S. The molecule has 6 nitrogen and oxygen atoms in total. The molecule has 140 valence electrons. The van der Waals surface area contributed by atoms with Crippen LogP contribution in [0, 0.1) is 5.82 Å². The van der Waals surface area contributed by atoms with Crippen LogP contribution in [0.15, 0.2) is 40.5 Å². The highest BCUT2D eigenvalue weighted by molar-refractivity contribution is 7.17. The standard InChI is InChI=1S/C19H19FN4O2S/c20-13-3-5-14(6-4-13)21-16(25)7-11-24-18(26)17-15(8-12-27-17)22-19(24)23-9-1-2-10-23/h3-6,8,12H,1-2,7,9-11H2,(H,21,25). The third kappa shape index (κ3) is 3.71. The van der Waals surface area contributed by atoms with E-state index in [1.54, 1.807) is 4.57 Å². The van der Waals surface area contributed by atoms with Gasteiger partial charge in [0, 0.05) is 31.7 Å². The fourth-order valence-corrected chi connectivity index (χ4v) is 4.04. The largest absolute Gasteiger partial charge is 0.342 e. The molecule has 1 N–H and O–H groups in total. The third-order valence-electron chi connectivity index (χ3n) is 4.63. The lowest BCUT2D eigenvalue weighted by atomic mass is 10.3. The molecule has 27 heavy (non-hydrogen) atoms. The molecule has 3 aromatic rings. The lowest BCUT2D eigenvalue weighted by Gasteiger charge is -2.21. The zero-order chi connectivity index (χ0) is 18.8. The van der Waals surface area contributed by atoms with Gasteiger partial charge in [-0.3, -0.25) is 14.2 Å². The molecule has 4 rings (SSSR count). The summed E-state index contributed by atoms with van der Waals surface area (Å²) in [5.41, 5.74) is 1.13. The van der Waals surface area contributed by atoms with Crippen molar-refractivity contribution in [2.24, 2.45) is 0 Å². The average molecular weight is 386 g/mol. The number of fused-ring (bicyclic) bond motifs is 1. The first-order valence-corrected chi connectivity index (χ1v) is 9.78. The van der Waals surface area contributed by atoms with Crippen molar-refractivity contribution in [1.29, 1.82) is 0 Å². The van der Waals surface area contributed by atoms with Gasteiger partial charge in [0.25, 0.3) is 5.56 Å². The molecule has 0 spiro atoms. The maximum absolute atomic E-state index is 13.0. The number of amides is 1. The molecule has 1 aliphatic rings. The van der Waals surface area contributed by atoms with Gasteiger partial charge in [-0.1, -0.05) is 0 Å². The molecule has 1 aromatic carbocycles. The predicted molar refractivity (Wildman–Crippen MR) is 105 cm³/mol. The van der Waals surface area contributed by atoms with Gasteiger partial charge in [0.05, 0.1) is 5.52 Å². The van der Waals surface area contributed by atoms with E-state index < -0.39 is 0 Å². The minimum absolute atomic E-state index is 0.105. The van der Waals surface area contributed by atoms with E-state index in [1.807, 2.05) is 11.4 Å². The summed E-state index contributed by atoms with van der Waals surface area (Å²) < 4.78 is 15.2. The van der Waals surface area contributed by atoms with E-state index in [1.165, 1.54) is 35.6 Å². The number of hydrogen-bond donors (Lipinski definition) is 1. The van der Waals surface area contributed by atoms with Crippen molar-refractivity contribution in [3.8, 4) is 0 Å². The van der Waals surface area contributed by atoms with Crippen LogP contribution in [0.3, 0.4) is 0 Å². The minimum atomic E-state index is -0.356. The van der Waals surface area contributed by atoms with Gasteiger partial charge < -0.3 is 10.2 Å². The van der Waals surface area contributed by atoms with E-state index in [0.29, 0.717) is 21.9 Å². The van der Waals surface area contributed by atoms with Crippen LogP contribution in [-0.2, 0) is 11.3 Å². The molecule has 0 unspecified atom stereocenters. The second-order valence-electron chi connectivity index (χ2n) is 6.50. The van der Waals surface area contributed by atoms with Crippen LogP contribution in [0.4, 0.5) is 16.0 Å². The summed E-state index contributed by atoms with van der Waals surface area (Å²) in [6.45, 7) is 1.98. The second-order valence-corrected chi connectivity index (χ2v) is 7.42. The Balaban J connectivity index is 1.56. The smallest absolute Gasteiger partial charge is 0.272 e. The van der Waals surface area contributed by atoms with Gasteiger partial charge in [-0.05, 0) is 48.6 Å². The Morgan fingerprint density at radius 3 is 2.67 bits per heavy atom. The van der Waals surface area contributed by atoms with Crippen LogP contribution < -0.4 is 15.8 Å². The number of carbonyl (C=O) groups excluding carboxylic acids is 1. The fraction of sp³-hybridized carbons (Fsp3) is 0.316. The Bertz CT molecular complexity index is 1020. The molecule has 8 heteroatoms. The fourth-order valence-electron chi connectivity index (χ4n) is 3.26. The molecule has 1 saturated heterocycles. The Morgan fingerprint density at radius 1 is 1.19 bits per heavy atom. The molecule has 3 heterocycles. The molecule has 0 bridgehead atoms. The van der Waals surface area contributed by atoms with E-state index >= 15 is 0 Å². The summed E-state index contributed by atoms with van der Waals surface area (Å²) in [5, 5.41) is 4.59. The van der Waals surface area contributed by atoms with Crippen LogP contribution >= 0.6 is 11.3 Å². The lowest BCUT2D eigenvalue weighted by molar-refractivity contribution is -0.116. The second kappa shape index (κ2) is 7.48. The number of halogens is 1. The number of thiophene rings is 1. The highest BCUT2D eigenvalue weighted by Crippen LogP contribution is 2.22. The zero-order valence-corrected chi connectivity index (χ0v) is 15.5. The maximum atomic E-state index is 13.0. The molecular weight excluding hydrogens is 367 g/mol. The first-order chi connectivity index (χ1) is 13.1. The zero-order valence-electron chi connectivity index (χ0n) is 14.7. The molecule has 1 fully saturated rings. The van der Waals surface area contributed by atoms with Crippen molar-refractivity contribution in [1.82, 2.24) is 9.55 Å². The summed E-state index contributed by atoms with van der Waals surface area (Å²) >= 11 is 1.37. The Morgan fingerprint density at radius 2 is 1.93 bits per heavy atom. The predicted octanol–water partition coefficient (Wildman–Crippen LogP) is 3.23. The molecule has 0 atom stereocenters. The van der Waals surface area contributed by atoms with Gasteiger partial charge >= 0.3 is 0 Å².